The first-order chi connectivity index (χ1) is 14.0. The molecule has 0 atom stereocenters. The average Bonchev–Trinajstić information content (AvgIpc) is 2.68. The second kappa shape index (κ2) is 23.9. The van der Waals surface area contributed by atoms with Gasteiger partial charge in [0.25, 0.3) is 0 Å². The largest absolute Gasteiger partial charge is 0.469 e. The fraction of sp³-hybridized carbons (Fsp3) is 0.583. The lowest BCUT2D eigenvalue weighted by atomic mass is 10.1. The van der Waals surface area contributed by atoms with Crippen LogP contribution in [0.5, 0.6) is 0 Å². The zero-order valence-corrected chi connectivity index (χ0v) is 18.8. The maximum absolute atomic E-state index is 10.4. The van der Waals surface area contributed by atoms with Crippen molar-refractivity contribution >= 4 is 7.82 Å². The molecule has 2 N–H and O–H groups in total. The van der Waals surface area contributed by atoms with Gasteiger partial charge in [0.2, 0.25) is 0 Å². The second-order valence-electron chi connectivity index (χ2n) is 6.01. The fourth-order valence-corrected chi connectivity index (χ4v) is 2.45. The SMILES string of the molecule is CC#CC#CC#CC#CC#CC.CCCCCCCCCCCCOP(=O)(O)O. The molecule has 0 fully saturated rings. The Kier molecular flexibility index (Phi) is 24.0. The van der Waals surface area contributed by atoms with Crippen LogP contribution in [0.2, 0.25) is 0 Å². The van der Waals surface area contributed by atoms with Crippen molar-refractivity contribution in [3.63, 3.8) is 0 Å². The summed E-state index contributed by atoms with van der Waals surface area (Å²) in [5.74, 6) is 25.6. The molecule has 29 heavy (non-hydrogen) atoms. The van der Waals surface area contributed by atoms with Crippen molar-refractivity contribution in [3.05, 3.63) is 0 Å². The summed E-state index contributed by atoms with van der Waals surface area (Å²) in [4.78, 5) is 16.9. The summed E-state index contributed by atoms with van der Waals surface area (Å²) < 4.78 is 14.7. The van der Waals surface area contributed by atoms with Crippen molar-refractivity contribution in [2.24, 2.45) is 0 Å². The maximum atomic E-state index is 10.4. The molecule has 0 bridgehead atoms. The van der Waals surface area contributed by atoms with Crippen molar-refractivity contribution in [1.82, 2.24) is 0 Å². The van der Waals surface area contributed by atoms with Crippen molar-refractivity contribution in [1.29, 1.82) is 0 Å². The van der Waals surface area contributed by atoms with E-state index in [-0.39, 0.29) is 6.61 Å². The Morgan fingerprint density at radius 2 is 0.966 bits per heavy atom. The van der Waals surface area contributed by atoms with Gasteiger partial charge in [-0.15, -0.1) is 0 Å². The molecule has 0 amide bonds. The van der Waals surface area contributed by atoms with E-state index in [1.807, 2.05) is 0 Å². The summed E-state index contributed by atoms with van der Waals surface area (Å²) in [6, 6.07) is 0. The van der Waals surface area contributed by atoms with Gasteiger partial charge in [-0.3, -0.25) is 4.52 Å². The van der Waals surface area contributed by atoms with Gasteiger partial charge in [0, 0.05) is 0 Å². The third-order valence-corrected chi connectivity index (χ3v) is 3.96. The first-order valence-electron chi connectivity index (χ1n) is 10.0. The number of rotatable bonds is 12. The van der Waals surface area contributed by atoms with E-state index >= 15 is 0 Å². The predicted octanol–water partition coefficient (Wildman–Crippen LogP) is 5.06. The van der Waals surface area contributed by atoms with Crippen LogP contribution in [0.25, 0.3) is 0 Å². The van der Waals surface area contributed by atoms with E-state index in [9.17, 15) is 4.57 Å². The van der Waals surface area contributed by atoms with E-state index < -0.39 is 7.82 Å². The highest BCUT2D eigenvalue weighted by atomic mass is 31.2. The monoisotopic (exact) mass is 416 g/mol. The zero-order valence-electron chi connectivity index (χ0n) is 17.9. The third-order valence-electron chi connectivity index (χ3n) is 3.44. The lowest BCUT2D eigenvalue weighted by molar-refractivity contribution is 0.193. The first-order valence-corrected chi connectivity index (χ1v) is 11.5. The maximum Gasteiger partial charge on any atom is 0.469 e. The number of hydrogen-bond acceptors (Lipinski definition) is 2. The Bertz CT molecular complexity index is 710. The molecule has 158 valence electrons. The van der Waals surface area contributed by atoms with Crippen LogP contribution in [-0.2, 0) is 9.09 Å². The predicted molar refractivity (Wildman–Crippen MR) is 120 cm³/mol. The molecule has 0 aromatic rings. The fourth-order valence-electron chi connectivity index (χ4n) is 2.09. The average molecular weight is 416 g/mol. The van der Waals surface area contributed by atoms with Crippen LogP contribution < -0.4 is 0 Å². The normalized spacial score (nSPS) is 8.59. The van der Waals surface area contributed by atoms with Crippen molar-refractivity contribution in [3.8, 4) is 59.2 Å². The van der Waals surface area contributed by atoms with Crippen molar-refractivity contribution < 1.29 is 18.9 Å². The number of hydrogen-bond donors (Lipinski definition) is 2. The molecule has 0 saturated heterocycles. The van der Waals surface area contributed by atoms with E-state index in [4.69, 9.17) is 9.79 Å². The van der Waals surface area contributed by atoms with Crippen LogP contribution in [0.3, 0.4) is 0 Å². The molecule has 4 nitrogen and oxygen atoms in total. The number of unbranched alkanes of at least 4 members (excludes halogenated alkanes) is 9. The van der Waals surface area contributed by atoms with Crippen LogP contribution in [0.1, 0.15) is 85.0 Å². The summed E-state index contributed by atoms with van der Waals surface area (Å²) in [5.41, 5.74) is 0. The van der Waals surface area contributed by atoms with E-state index in [2.05, 4.69) is 70.7 Å². The van der Waals surface area contributed by atoms with E-state index in [1.54, 1.807) is 13.8 Å². The molecular weight excluding hydrogens is 383 g/mol. The molecule has 0 aliphatic heterocycles. The molecule has 5 heteroatoms. The highest BCUT2D eigenvalue weighted by Gasteiger charge is 2.12. The van der Waals surface area contributed by atoms with Gasteiger partial charge >= 0.3 is 7.82 Å². The highest BCUT2D eigenvalue weighted by Crippen LogP contribution is 2.35. The van der Waals surface area contributed by atoms with Crippen LogP contribution in [0, 0.1) is 59.2 Å². The quantitative estimate of drug-likeness (QED) is 0.265. The second-order valence-corrected chi connectivity index (χ2v) is 7.25. The van der Waals surface area contributed by atoms with E-state index in [0.29, 0.717) is 0 Å². The van der Waals surface area contributed by atoms with Gasteiger partial charge in [-0.1, -0.05) is 76.6 Å². The summed E-state index contributed by atoms with van der Waals surface area (Å²) in [5, 5.41) is 0. The lowest BCUT2D eigenvalue weighted by Crippen LogP contribution is -1.92. The minimum Gasteiger partial charge on any atom is -0.303 e. The molecule has 0 saturated carbocycles. The van der Waals surface area contributed by atoms with E-state index in [0.717, 1.165) is 19.3 Å². The molecule has 0 heterocycles. The van der Waals surface area contributed by atoms with Gasteiger partial charge in [-0.05, 0) is 67.6 Å². The molecule has 0 aliphatic carbocycles. The third kappa shape index (κ3) is 33.9. The van der Waals surface area contributed by atoms with Gasteiger partial charge in [-0.25, -0.2) is 4.57 Å². The van der Waals surface area contributed by atoms with Gasteiger partial charge in [0.15, 0.2) is 0 Å². The lowest BCUT2D eigenvalue weighted by Gasteiger charge is -2.05. The Labute approximate surface area is 177 Å². The first kappa shape index (κ1) is 29.1. The molecule has 0 radical (unpaired) electrons. The topological polar surface area (TPSA) is 66.8 Å². The van der Waals surface area contributed by atoms with E-state index in [1.165, 1.54) is 44.9 Å². The van der Waals surface area contributed by atoms with Crippen LogP contribution in [0.15, 0.2) is 0 Å². The Morgan fingerprint density at radius 3 is 1.31 bits per heavy atom. The number of phosphoric acid groups is 1. The highest BCUT2D eigenvalue weighted by molar-refractivity contribution is 7.46. The van der Waals surface area contributed by atoms with Gasteiger partial charge < -0.3 is 9.79 Å². The molecule has 0 spiro atoms. The summed E-state index contributed by atoms with van der Waals surface area (Å²) in [6.07, 6.45) is 12.0. The van der Waals surface area contributed by atoms with Gasteiger partial charge in [-0.2, -0.15) is 0 Å². The van der Waals surface area contributed by atoms with Crippen LogP contribution in [-0.4, -0.2) is 16.4 Å². The van der Waals surface area contributed by atoms with Gasteiger partial charge in [0.05, 0.1) is 6.61 Å². The molecule has 0 unspecified atom stereocenters. The Balaban J connectivity index is 0. The standard InChI is InChI=1S/C12H27O4P.C12H6/c1-2-3-4-5-6-7-8-9-10-11-12-16-17(13,14)15;1-3-5-7-9-11-12-10-8-6-4-2/h2-12H2,1H3,(H2,13,14,15);1-2H3. The molecule has 0 aromatic carbocycles. The molecule has 0 aromatic heterocycles. The summed E-state index contributed by atoms with van der Waals surface area (Å²) in [7, 11) is -4.24. The van der Waals surface area contributed by atoms with Crippen molar-refractivity contribution in [2.45, 2.75) is 85.0 Å². The Hall–Kier alpha value is -2.09. The Morgan fingerprint density at radius 1 is 0.621 bits per heavy atom. The van der Waals surface area contributed by atoms with Crippen LogP contribution >= 0.6 is 7.82 Å². The van der Waals surface area contributed by atoms with Crippen molar-refractivity contribution in [2.75, 3.05) is 6.61 Å². The van der Waals surface area contributed by atoms with Crippen LogP contribution in [0.4, 0.5) is 0 Å². The minimum absolute atomic E-state index is 0.167. The van der Waals surface area contributed by atoms with Gasteiger partial charge in [0.1, 0.15) is 0 Å². The molecule has 0 rings (SSSR count). The molecule has 0 aliphatic rings. The number of phosphoric ester groups is 1. The minimum atomic E-state index is -4.24. The summed E-state index contributed by atoms with van der Waals surface area (Å²) >= 11 is 0. The smallest absolute Gasteiger partial charge is 0.303 e. The molecular formula is C24H33O4P. The summed E-state index contributed by atoms with van der Waals surface area (Å²) in [6.45, 7) is 5.83. The zero-order chi connectivity index (χ0) is 22.1.